The molecule has 0 aliphatic carbocycles. The van der Waals surface area contributed by atoms with E-state index in [4.69, 9.17) is 5.73 Å². The van der Waals surface area contributed by atoms with Gasteiger partial charge in [0.05, 0.1) is 23.7 Å². The zero-order valence-corrected chi connectivity index (χ0v) is 15.5. The van der Waals surface area contributed by atoms with Crippen LogP contribution in [0.5, 0.6) is 0 Å². The number of fused-ring (bicyclic) bond motifs is 3. The van der Waals surface area contributed by atoms with Gasteiger partial charge in [-0.3, -0.25) is 4.79 Å². The van der Waals surface area contributed by atoms with Gasteiger partial charge >= 0.3 is 6.18 Å². The van der Waals surface area contributed by atoms with Gasteiger partial charge in [-0.1, -0.05) is 42.5 Å². The Morgan fingerprint density at radius 1 is 1.10 bits per heavy atom. The largest absolute Gasteiger partial charge is 0.416 e. The van der Waals surface area contributed by atoms with E-state index in [1.807, 2.05) is 12.1 Å². The fraction of sp³-hybridized carbons (Fsp3) is 0.227. The summed E-state index contributed by atoms with van der Waals surface area (Å²) < 4.78 is 39.9. The van der Waals surface area contributed by atoms with Crippen LogP contribution in [0.2, 0.25) is 0 Å². The highest BCUT2D eigenvalue weighted by Crippen LogP contribution is 2.59. The van der Waals surface area contributed by atoms with E-state index in [1.54, 1.807) is 36.5 Å². The van der Waals surface area contributed by atoms with Crippen LogP contribution in [0.1, 0.15) is 34.2 Å². The highest BCUT2D eigenvalue weighted by molar-refractivity contribution is 5.84. The molecule has 0 radical (unpaired) electrons. The summed E-state index contributed by atoms with van der Waals surface area (Å²) >= 11 is 0. The average molecular weight is 408 g/mol. The van der Waals surface area contributed by atoms with Crippen LogP contribution in [-0.2, 0) is 11.0 Å². The zero-order valence-electron chi connectivity index (χ0n) is 15.5. The molecular weight excluding hydrogens is 393 g/mol. The number of halogens is 3. The lowest BCUT2D eigenvalue weighted by Gasteiger charge is -2.34. The molecule has 0 unspecified atom stereocenters. The summed E-state index contributed by atoms with van der Waals surface area (Å²) in [6.45, 7) is 0. The second-order valence-corrected chi connectivity index (χ2v) is 7.34. The van der Waals surface area contributed by atoms with Crippen LogP contribution in [0.3, 0.4) is 0 Å². The van der Waals surface area contributed by atoms with Gasteiger partial charge in [0.1, 0.15) is 6.04 Å². The van der Waals surface area contributed by atoms with E-state index in [9.17, 15) is 28.5 Å². The van der Waals surface area contributed by atoms with E-state index in [1.165, 1.54) is 17.0 Å². The Balaban J connectivity index is 1.99. The third kappa shape index (κ3) is 2.65. The maximum atomic E-state index is 13.3. The van der Waals surface area contributed by atoms with Gasteiger partial charge in [-0.25, -0.2) is 0 Å². The average Bonchev–Trinajstić information content (AvgIpc) is 3.04. The number of benzene rings is 2. The van der Waals surface area contributed by atoms with Crippen LogP contribution in [0.4, 0.5) is 13.2 Å². The molecule has 150 valence electrons. The molecule has 0 bridgehead atoms. The number of amides is 1. The van der Waals surface area contributed by atoms with Crippen LogP contribution in [-0.4, -0.2) is 16.8 Å². The molecule has 0 spiro atoms. The van der Waals surface area contributed by atoms with Gasteiger partial charge in [0.2, 0.25) is 5.91 Å². The third-order valence-corrected chi connectivity index (χ3v) is 5.81. The smallest absolute Gasteiger partial charge is 0.368 e. The molecule has 1 saturated heterocycles. The normalized spacial score (nSPS) is 23.8. The van der Waals surface area contributed by atoms with Gasteiger partial charge in [0, 0.05) is 12.1 Å². The SMILES string of the molecule is N#CC1(C#N)[C@@H]2c3ccccc3C=CN2[C@@H](C(N)=O)[C@@H]1c1cccc(C(F)(F)F)c1. The summed E-state index contributed by atoms with van der Waals surface area (Å²) in [6, 6.07) is 13.5. The molecule has 2 aliphatic heterocycles. The summed E-state index contributed by atoms with van der Waals surface area (Å²) in [5, 5.41) is 20.3. The van der Waals surface area contributed by atoms with E-state index >= 15 is 0 Å². The van der Waals surface area contributed by atoms with E-state index in [0.717, 1.165) is 17.7 Å². The first-order chi connectivity index (χ1) is 14.2. The van der Waals surface area contributed by atoms with Crippen molar-refractivity contribution in [3.63, 3.8) is 0 Å². The molecule has 0 aromatic heterocycles. The topological polar surface area (TPSA) is 93.9 Å². The predicted molar refractivity (Wildman–Crippen MR) is 101 cm³/mol. The Labute approximate surface area is 170 Å². The number of nitriles is 2. The molecule has 4 rings (SSSR count). The summed E-state index contributed by atoms with van der Waals surface area (Å²) in [5.41, 5.74) is 4.37. The Hall–Kier alpha value is -3.78. The lowest BCUT2D eigenvalue weighted by molar-refractivity contribution is -0.137. The molecule has 2 aromatic rings. The van der Waals surface area contributed by atoms with Crippen molar-refractivity contribution >= 4 is 12.0 Å². The molecular formula is C22H15F3N4O. The maximum absolute atomic E-state index is 13.3. The number of nitrogens with zero attached hydrogens (tertiary/aromatic N) is 3. The molecule has 3 atom stereocenters. The molecule has 5 nitrogen and oxygen atoms in total. The first kappa shape index (κ1) is 19.5. The molecule has 2 N–H and O–H groups in total. The van der Waals surface area contributed by atoms with Crippen molar-refractivity contribution in [3.05, 3.63) is 77.0 Å². The van der Waals surface area contributed by atoms with Gasteiger partial charge < -0.3 is 10.6 Å². The zero-order chi connectivity index (χ0) is 21.7. The van der Waals surface area contributed by atoms with Gasteiger partial charge in [-0.15, -0.1) is 0 Å². The Morgan fingerprint density at radius 3 is 2.43 bits per heavy atom. The lowest BCUT2D eigenvalue weighted by Crippen LogP contribution is -2.41. The molecule has 8 heteroatoms. The highest BCUT2D eigenvalue weighted by Gasteiger charge is 2.63. The standard InChI is InChI=1S/C22H15F3N4O/c23-22(24,25)15-6-3-5-14(10-15)17-18(20(28)30)29-9-8-13-4-1-2-7-16(13)19(29)21(17,11-26)12-27/h1-10,17-19H,(H2,28,30)/t17-,18+,19-/m0/s1. The van der Waals surface area contributed by atoms with E-state index in [0.29, 0.717) is 5.56 Å². The predicted octanol–water partition coefficient (Wildman–Crippen LogP) is 3.72. The number of hydrogen-bond donors (Lipinski definition) is 1. The molecule has 30 heavy (non-hydrogen) atoms. The number of alkyl halides is 3. The quantitative estimate of drug-likeness (QED) is 0.820. The number of carbonyl (C=O) groups is 1. The monoisotopic (exact) mass is 408 g/mol. The second-order valence-electron chi connectivity index (χ2n) is 7.34. The summed E-state index contributed by atoms with van der Waals surface area (Å²) in [5.74, 6) is -1.99. The minimum Gasteiger partial charge on any atom is -0.368 e. The Kier molecular flexibility index (Phi) is 4.32. The van der Waals surface area contributed by atoms with Crippen molar-refractivity contribution in [1.29, 1.82) is 10.5 Å². The highest BCUT2D eigenvalue weighted by atomic mass is 19.4. The van der Waals surface area contributed by atoms with Crippen molar-refractivity contribution in [1.82, 2.24) is 4.90 Å². The van der Waals surface area contributed by atoms with Crippen LogP contribution >= 0.6 is 0 Å². The van der Waals surface area contributed by atoms with Gasteiger partial charge in [0.15, 0.2) is 5.41 Å². The Bertz CT molecular complexity index is 1130. The molecule has 2 aliphatic rings. The summed E-state index contributed by atoms with van der Waals surface area (Å²) in [6.07, 6.45) is -1.30. The first-order valence-corrected chi connectivity index (χ1v) is 9.08. The van der Waals surface area contributed by atoms with Crippen molar-refractivity contribution in [2.45, 2.75) is 24.2 Å². The van der Waals surface area contributed by atoms with E-state index in [2.05, 4.69) is 0 Å². The molecule has 1 fully saturated rings. The number of carbonyl (C=O) groups excluding carboxylic acids is 1. The number of primary amides is 1. The van der Waals surface area contributed by atoms with Crippen molar-refractivity contribution in [3.8, 4) is 12.1 Å². The van der Waals surface area contributed by atoms with Gasteiger partial charge in [-0.05, 0) is 28.8 Å². The van der Waals surface area contributed by atoms with Crippen molar-refractivity contribution in [2.75, 3.05) is 0 Å². The number of nitrogens with two attached hydrogens (primary N) is 1. The van der Waals surface area contributed by atoms with Crippen LogP contribution in [0.25, 0.3) is 6.08 Å². The number of rotatable bonds is 2. The van der Waals surface area contributed by atoms with Crippen LogP contribution in [0.15, 0.2) is 54.7 Å². The minimum absolute atomic E-state index is 0.0667. The summed E-state index contributed by atoms with van der Waals surface area (Å²) in [7, 11) is 0. The molecule has 2 aromatic carbocycles. The van der Waals surface area contributed by atoms with Crippen molar-refractivity contribution < 1.29 is 18.0 Å². The molecule has 2 heterocycles. The Morgan fingerprint density at radius 2 is 1.80 bits per heavy atom. The van der Waals surface area contributed by atoms with Crippen LogP contribution in [0, 0.1) is 28.1 Å². The summed E-state index contributed by atoms with van der Waals surface area (Å²) in [4.78, 5) is 14.0. The fourth-order valence-corrected chi connectivity index (χ4v) is 4.60. The number of hydrogen-bond acceptors (Lipinski definition) is 4. The third-order valence-electron chi connectivity index (χ3n) is 5.81. The molecule has 1 amide bonds. The first-order valence-electron chi connectivity index (χ1n) is 9.08. The second kappa shape index (κ2) is 6.64. The fourth-order valence-electron chi connectivity index (χ4n) is 4.60. The lowest BCUT2D eigenvalue weighted by atomic mass is 9.68. The van der Waals surface area contributed by atoms with Crippen molar-refractivity contribution in [2.24, 2.45) is 11.1 Å². The van der Waals surface area contributed by atoms with Crippen LogP contribution < -0.4 is 5.73 Å². The van der Waals surface area contributed by atoms with Gasteiger partial charge in [0.25, 0.3) is 0 Å². The van der Waals surface area contributed by atoms with Gasteiger partial charge in [-0.2, -0.15) is 23.7 Å². The van der Waals surface area contributed by atoms with E-state index in [-0.39, 0.29) is 5.56 Å². The minimum atomic E-state index is -4.61. The maximum Gasteiger partial charge on any atom is 0.416 e. The molecule has 0 saturated carbocycles. The van der Waals surface area contributed by atoms with E-state index < -0.39 is 41.1 Å².